The lowest BCUT2D eigenvalue weighted by Crippen LogP contribution is -2.58. The van der Waals surface area contributed by atoms with Crippen LogP contribution in [0.1, 0.15) is 31.9 Å². The summed E-state index contributed by atoms with van der Waals surface area (Å²) in [7, 11) is 1.58. The van der Waals surface area contributed by atoms with Gasteiger partial charge < -0.3 is 29.3 Å². The maximum Gasteiger partial charge on any atom is 0.251 e. The van der Waals surface area contributed by atoms with Crippen LogP contribution in [0.15, 0.2) is 104 Å². The van der Waals surface area contributed by atoms with Crippen LogP contribution >= 0.6 is 11.8 Å². The number of aliphatic hydroxyl groups excluding tert-OH is 1. The molecule has 10 heteroatoms. The molecule has 3 aliphatic rings. The van der Waals surface area contributed by atoms with Crippen LogP contribution in [-0.2, 0) is 14.4 Å². The maximum atomic E-state index is 15.2. The van der Waals surface area contributed by atoms with Gasteiger partial charge >= 0.3 is 0 Å². The zero-order chi connectivity index (χ0) is 35.6. The number of likely N-dealkylation sites (tertiary alicyclic amines) is 1. The summed E-state index contributed by atoms with van der Waals surface area (Å²) in [4.78, 5) is 50.1. The monoisotopic (exact) mass is 695 g/mol. The van der Waals surface area contributed by atoms with E-state index in [2.05, 4.69) is 20.1 Å². The molecule has 9 nitrogen and oxygen atoms in total. The van der Waals surface area contributed by atoms with Crippen molar-refractivity contribution >= 4 is 40.9 Å². The van der Waals surface area contributed by atoms with Crippen molar-refractivity contribution < 1.29 is 29.0 Å². The first kappa shape index (κ1) is 35.3. The number of carbonyl (C=O) groups excluding carboxylic acids is 3. The molecule has 7 atom stereocenters. The Kier molecular flexibility index (Phi) is 10.4. The summed E-state index contributed by atoms with van der Waals surface area (Å²) in [5.74, 6) is -0.916. The number of carbonyl (C=O) groups is 3. The van der Waals surface area contributed by atoms with Crippen molar-refractivity contribution in [2.24, 2.45) is 17.8 Å². The molecule has 50 heavy (non-hydrogen) atoms. The number of benzene rings is 3. The molecular formula is C40H45N3O6S. The van der Waals surface area contributed by atoms with E-state index in [1.807, 2.05) is 73.7 Å². The summed E-state index contributed by atoms with van der Waals surface area (Å²) < 4.78 is 10.1. The van der Waals surface area contributed by atoms with Gasteiger partial charge in [-0.1, -0.05) is 49.4 Å². The minimum Gasteiger partial charge on any atom is -0.497 e. The third-order valence-corrected chi connectivity index (χ3v) is 12.5. The molecule has 3 saturated heterocycles. The number of methoxy groups -OCH3 is 1. The lowest BCUT2D eigenvalue weighted by Gasteiger charge is -2.42. The van der Waals surface area contributed by atoms with Gasteiger partial charge in [-0.3, -0.25) is 14.4 Å². The zero-order valence-corrected chi connectivity index (χ0v) is 29.6. The van der Waals surface area contributed by atoms with E-state index in [0.717, 1.165) is 5.56 Å². The van der Waals surface area contributed by atoms with Crippen molar-refractivity contribution in [3.63, 3.8) is 0 Å². The Labute approximate surface area is 298 Å². The highest BCUT2D eigenvalue weighted by Gasteiger charge is 2.77. The SMILES string of the molecule is C=CCN(C(=O)C1N([C@H](CO)c2ccccc2)C(=O)[C@@H]2[C@@H](C(=O)N(CC=C)c3ccc(OCC)cc3)[C@H]3CC(C)C12S3)c1ccc(OC)cc1. The number of rotatable bonds is 14. The number of amides is 3. The van der Waals surface area contributed by atoms with Gasteiger partial charge in [0, 0.05) is 29.7 Å². The predicted molar refractivity (Wildman–Crippen MR) is 197 cm³/mol. The van der Waals surface area contributed by atoms with Gasteiger partial charge in [-0.25, -0.2) is 0 Å². The molecule has 3 amide bonds. The molecule has 3 aromatic rings. The minimum atomic E-state index is -0.958. The fourth-order valence-electron chi connectivity index (χ4n) is 8.27. The normalized spacial score (nSPS) is 25.5. The van der Waals surface area contributed by atoms with Crippen LogP contribution in [0, 0.1) is 17.8 Å². The van der Waals surface area contributed by atoms with Crippen molar-refractivity contribution in [1.29, 1.82) is 0 Å². The van der Waals surface area contributed by atoms with Gasteiger partial charge in [-0.2, -0.15) is 0 Å². The van der Waals surface area contributed by atoms with Crippen LogP contribution in [0.25, 0.3) is 0 Å². The first-order valence-corrected chi connectivity index (χ1v) is 18.0. The molecule has 0 aromatic heterocycles. The first-order valence-electron chi connectivity index (χ1n) is 17.1. The molecule has 0 saturated carbocycles. The molecule has 3 aliphatic heterocycles. The number of aliphatic hydroxyl groups is 1. The lowest BCUT2D eigenvalue weighted by molar-refractivity contribution is -0.142. The fraction of sp³-hybridized carbons (Fsp3) is 0.375. The number of hydrogen-bond acceptors (Lipinski definition) is 7. The predicted octanol–water partition coefficient (Wildman–Crippen LogP) is 5.90. The summed E-state index contributed by atoms with van der Waals surface area (Å²) in [5.41, 5.74) is 2.03. The van der Waals surface area contributed by atoms with Gasteiger partial charge in [0.1, 0.15) is 17.5 Å². The second kappa shape index (κ2) is 14.7. The van der Waals surface area contributed by atoms with E-state index in [-0.39, 0.29) is 48.6 Å². The summed E-state index contributed by atoms with van der Waals surface area (Å²) in [6, 6.07) is 22.1. The van der Waals surface area contributed by atoms with Crippen LogP contribution in [0.4, 0.5) is 11.4 Å². The number of ether oxygens (including phenoxy) is 2. The number of anilines is 2. The summed E-state index contributed by atoms with van der Waals surface area (Å²) in [6.07, 6.45) is 4.02. The van der Waals surface area contributed by atoms with E-state index >= 15 is 9.59 Å². The van der Waals surface area contributed by atoms with Gasteiger partial charge in [0.25, 0.3) is 5.91 Å². The Morgan fingerprint density at radius 2 is 1.54 bits per heavy atom. The van der Waals surface area contributed by atoms with Crippen LogP contribution in [0.3, 0.4) is 0 Å². The Morgan fingerprint density at radius 3 is 2.08 bits per heavy atom. The third kappa shape index (κ3) is 5.88. The highest BCUT2D eigenvalue weighted by atomic mass is 32.2. The van der Waals surface area contributed by atoms with Crippen molar-refractivity contribution in [3.05, 3.63) is 110 Å². The Balaban J connectivity index is 1.47. The van der Waals surface area contributed by atoms with E-state index in [1.54, 1.807) is 57.9 Å². The fourth-order valence-corrected chi connectivity index (χ4v) is 10.7. The largest absolute Gasteiger partial charge is 0.497 e. The number of hydrogen-bond donors (Lipinski definition) is 1. The summed E-state index contributed by atoms with van der Waals surface area (Å²) >= 11 is 1.61. The second-order valence-electron chi connectivity index (χ2n) is 13.0. The van der Waals surface area contributed by atoms with Crippen LogP contribution in [0.2, 0.25) is 0 Å². The van der Waals surface area contributed by atoms with Crippen LogP contribution < -0.4 is 19.3 Å². The van der Waals surface area contributed by atoms with Gasteiger partial charge in [0.05, 0.1) is 42.9 Å². The second-order valence-corrected chi connectivity index (χ2v) is 14.6. The minimum absolute atomic E-state index is 0.0654. The number of nitrogens with zero attached hydrogens (tertiary/aromatic N) is 3. The Morgan fingerprint density at radius 1 is 0.960 bits per heavy atom. The molecule has 1 N–H and O–H groups in total. The van der Waals surface area contributed by atoms with E-state index in [1.165, 1.54) is 0 Å². The molecule has 0 aliphatic carbocycles. The maximum absolute atomic E-state index is 15.2. The highest BCUT2D eigenvalue weighted by molar-refractivity contribution is 8.02. The molecule has 6 rings (SSSR count). The highest BCUT2D eigenvalue weighted by Crippen LogP contribution is 2.69. The zero-order valence-electron chi connectivity index (χ0n) is 28.8. The van der Waals surface area contributed by atoms with Crippen molar-refractivity contribution in [2.45, 2.75) is 42.3 Å². The van der Waals surface area contributed by atoms with E-state index in [9.17, 15) is 9.90 Å². The van der Waals surface area contributed by atoms with E-state index in [0.29, 0.717) is 35.9 Å². The number of fused-ring (bicyclic) bond motifs is 1. The molecule has 1 spiro atoms. The molecule has 3 aromatic carbocycles. The molecule has 0 radical (unpaired) electrons. The Bertz CT molecular complexity index is 1720. The first-order chi connectivity index (χ1) is 24.2. The molecule has 2 bridgehead atoms. The molecule has 3 heterocycles. The smallest absolute Gasteiger partial charge is 0.251 e. The topological polar surface area (TPSA) is 99.6 Å². The van der Waals surface area contributed by atoms with Gasteiger partial charge in [0.15, 0.2) is 0 Å². The third-order valence-electron chi connectivity index (χ3n) is 10.4. The molecular weight excluding hydrogens is 651 g/mol. The molecule has 3 unspecified atom stereocenters. The number of thioether (sulfide) groups is 1. The van der Waals surface area contributed by atoms with Crippen molar-refractivity contribution in [1.82, 2.24) is 4.90 Å². The standard InChI is InChI=1S/C40H45N3O6S/c1-6-22-41(28-16-20-31(21-17-28)49-8-3)37(45)34-33-24-26(4)40(50-33)35(34)38(46)43(32(25-44)27-12-10-9-11-13-27)36(40)39(47)42(23-7-2)29-14-18-30(48-5)19-15-29/h6-7,9-21,26,32-36,44H,1-2,8,22-25H2,3-5H3/t26?,32-,33-,34+,35+,36?,40?/m1/s1. The van der Waals surface area contributed by atoms with Gasteiger partial charge in [-0.05, 0) is 73.4 Å². The van der Waals surface area contributed by atoms with Crippen LogP contribution in [-0.4, -0.2) is 77.2 Å². The average Bonchev–Trinajstić information content (AvgIpc) is 3.74. The van der Waals surface area contributed by atoms with Gasteiger partial charge in [0.2, 0.25) is 11.8 Å². The van der Waals surface area contributed by atoms with Crippen molar-refractivity contribution in [2.75, 3.05) is 43.2 Å². The lowest BCUT2D eigenvalue weighted by atomic mass is 9.65. The quantitative estimate of drug-likeness (QED) is 0.210. The van der Waals surface area contributed by atoms with Crippen molar-refractivity contribution in [3.8, 4) is 11.5 Å². The van der Waals surface area contributed by atoms with E-state index < -0.39 is 28.7 Å². The summed E-state index contributed by atoms with van der Waals surface area (Å²) in [5, 5.41) is 10.8. The molecule has 262 valence electrons. The Hall–Kier alpha value is -4.54. The average molecular weight is 696 g/mol. The summed E-state index contributed by atoms with van der Waals surface area (Å²) in [6.45, 7) is 12.5. The van der Waals surface area contributed by atoms with E-state index in [4.69, 9.17) is 9.47 Å². The van der Waals surface area contributed by atoms with Crippen LogP contribution in [0.5, 0.6) is 11.5 Å². The van der Waals surface area contributed by atoms with Gasteiger partial charge in [-0.15, -0.1) is 24.9 Å². The molecule has 3 fully saturated rings.